The number of anilines is 1. The summed E-state index contributed by atoms with van der Waals surface area (Å²) in [4.78, 5) is 12.1. The van der Waals surface area contributed by atoms with Crippen molar-refractivity contribution >= 4 is 33.6 Å². The van der Waals surface area contributed by atoms with E-state index in [4.69, 9.17) is 13.9 Å². The Bertz CT molecular complexity index is 895. The zero-order chi connectivity index (χ0) is 17.3. The summed E-state index contributed by atoms with van der Waals surface area (Å²) in [6.07, 6.45) is 0. The van der Waals surface area contributed by atoms with Crippen LogP contribution in [0.3, 0.4) is 0 Å². The number of furan rings is 1. The number of esters is 1. The first-order valence-electron chi connectivity index (χ1n) is 7.86. The topological polar surface area (TPSA) is 60.7 Å². The minimum absolute atomic E-state index is 0.188. The van der Waals surface area contributed by atoms with Crippen LogP contribution < -0.4 is 5.32 Å². The van der Waals surface area contributed by atoms with Gasteiger partial charge in [0.15, 0.2) is 0 Å². The summed E-state index contributed by atoms with van der Waals surface area (Å²) in [6.45, 7) is 4.59. The van der Waals surface area contributed by atoms with Crippen molar-refractivity contribution in [2.75, 3.05) is 19.5 Å². The molecule has 0 aliphatic carbocycles. The van der Waals surface area contributed by atoms with Gasteiger partial charge in [-0.1, -0.05) is 6.07 Å². The summed E-state index contributed by atoms with van der Waals surface area (Å²) in [5.41, 5.74) is 3.72. The molecule has 0 spiro atoms. The number of hydrogen-bond acceptors (Lipinski definition) is 5. The van der Waals surface area contributed by atoms with E-state index in [-0.39, 0.29) is 12.0 Å². The number of rotatable bonds is 5. The van der Waals surface area contributed by atoms with Crippen LogP contribution in [0.1, 0.15) is 29.8 Å². The van der Waals surface area contributed by atoms with Gasteiger partial charge in [0.1, 0.15) is 11.2 Å². The second kappa shape index (κ2) is 6.53. The van der Waals surface area contributed by atoms with Crippen molar-refractivity contribution in [3.05, 3.63) is 41.5 Å². The number of hydrogen-bond donors (Lipinski definition) is 1. The zero-order valence-corrected chi connectivity index (χ0v) is 14.3. The number of nitrogens with one attached hydrogen (secondary N) is 1. The first-order chi connectivity index (χ1) is 11.5. The van der Waals surface area contributed by atoms with Gasteiger partial charge in [0, 0.05) is 29.6 Å². The van der Waals surface area contributed by atoms with Crippen LogP contribution in [0, 0.1) is 0 Å². The van der Waals surface area contributed by atoms with E-state index >= 15 is 0 Å². The van der Waals surface area contributed by atoms with E-state index in [0.29, 0.717) is 17.8 Å². The van der Waals surface area contributed by atoms with E-state index in [2.05, 4.69) is 11.4 Å². The first-order valence-corrected chi connectivity index (χ1v) is 7.86. The lowest BCUT2D eigenvalue weighted by Gasteiger charge is -2.13. The van der Waals surface area contributed by atoms with Crippen molar-refractivity contribution in [1.29, 1.82) is 0 Å². The Morgan fingerprint density at radius 3 is 2.54 bits per heavy atom. The molecule has 0 amide bonds. The van der Waals surface area contributed by atoms with Gasteiger partial charge in [-0.15, -0.1) is 0 Å². The van der Waals surface area contributed by atoms with Crippen LogP contribution >= 0.6 is 0 Å². The van der Waals surface area contributed by atoms with E-state index in [1.54, 1.807) is 13.2 Å². The molecule has 1 N–H and O–H groups in total. The highest BCUT2D eigenvalue weighted by Crippen LogP contribution is 2.34. The van der Waals surface area contributed by atoms with Gasteiger partial charge in [-0.3, -0.25) is 0 Å². The highest BCUT2D eigenvalue weighted by molar-refractivity contribution is 6.10. The molecule has 24 heavy (non-hydrogen) atoms. The Balaban J connectivity index is 2.24. The molecule has 0 aliphatic heterocycles. The zero-order valence-electron chi connectivity index (χ0n) is 14.3. The SMILES string of the molecule is COCc1ccc2oc3cc(C(=O)OC)c(NC(C)C)cc3c2c1. The van der Waals surface area contributed by atoms with Gasteiger partial charge in [-0.2, -0.15) is 0 Å². The maximum absolute atomic E-state index is 12.1. The molecule has 0 saturated carbocycles. The quantitative estimate of drug-likeness (QED) is 0.706. The molecule has 126 valence electrons. The van der Waals surface area contributed by atoms with Crippen LogP contribution in [0.2, 0.25) is 0 Å². The Labute approximate surface area is 140 Å². The van der Waals surface area contributed by atoms with Crippen LogP contribution in [0.5, 0.6) is 0 Å². The Kier molecular flexibility index (Phi) is 4.44. The maximum atomic E-state index is 12.1. The fourth-order valence-corrected chi connectivity index (χ4v) is 2.84. The van der Waals surface area contributed by atoms with Crippen molar-refractivity contribution in [1.82, 2.24) is 0 Å². The molecule has 1 aromatic heterocycles. The molecule has 0 fully saturated rings. The van der Waals surface area contributed by atoms with Gasteiger partial charge in [0.25, 0.3) is 0 Å². The molecule has 0 saturated heterocycles. The number of fused-ring (bicyclic) bond motifs is 3. The summed E-state index contributed by atoms with van der Waals surface area (Å²) in [5, 5.41) is 5.27. The average Bonchev–Trinajstić information content (AvgIpc) is 2.90. The largest absolute Gasteiger partial charge is 0.465 e. The summed E-state index contributed by atoms with van der Waals surface area (Å²) in [6, 6.07) is 9.83. The fraction of sp³-hybridized carbons (Fsp3) is 0.316. The van der Waals surface area contributed by atoms with Gasteiger partial charge in [0.2, 0.25) is 0 Å². The molecule has 0 radical (unpaired) electrons. The third-order valence-electron chi connectivity index (χ3n) is 3.83. The number of methoxy groups -OCH3 is 2. The Morgan fingerprint density at radius 2 is 1.88 bits per heavy atom. The Morgan fingerprint density at radius 1 is 1.12 bits per heavy atom. The third kappa shape index (κ3) is 2.95. The summed E-state index contributed by atoms with van der Waals surface area (Å²) in [7, 11) is 3.05. The maximum Gasteiger partial charge on any atom is 0.340 e. The van der Waals surface area contributed by atoms with Crippen LogP contribution in [0.15, 0.2) is 34.7 Å². The number of carbonyl (C=O) groups excluding carboxylic acids is 1. The lowest BCUT2D eigenvalue weighted by molar-refractivity contribution is 0.0602. The molecule has 3 aromatic rings. The second-order valence-corrected chi connectivity index (χ2v) is 6.05. The fourth-order valence-electron chi connectivity index (χ4n) is 2.84. The summed E-state index contributed by atoms with van der Waals surface area (Å²) in [5.74, 6) is -0.388. The molecule has 3 rings (SSSR count). The van der Waals surface area contributed by atoms with E-state index < -0.39 is 0 Å². The van der Waals surface area contributed by atoms with Crippen molar-refractivity contribution in [3.63, 3.8) is 0 Å². The molecule has 2 aromatic carbocycles. The predicted octanol–water partition coefficient (Wildman–Crippen LogP) is 4.34. The van der Waals surface area contributed by atoms with E-state index in [9.17, 15) is 4.79 Å². The van der Waals surface area contributed by atoms with Gasteiger partial charge >= 0.3 is 5.97 Å². The molecular formula is C19H21NO4. The molecule has 0 bridgehead atoms. The van der Waals surface area contributed by atoms with Crippen molar-refractivity contribution in [2.45, 2.75) is 26.5 Å². The van der Waals surface area contributed by atoms with Gasteiger partial charge in [-0.05, 0) is 43.7 Å². The smallest absolute Gasteiger partial charge is 0.340 e. The lowest BCUT2D eigenvalue weighted by Crippen LogP contribution is -2.14. The van der Waals surface area contributed by atoms with Crippen LogP contribution in [0.25, 0.3) is 21.9 Å². The van der Waals surface area contributed by atoms with E-state index in [1.807, 2.05) is 32.0 Å². The van der Waals surface area contributed by atoms with E-state index in [1.165, 1.54) is 7.11 Å². The lowest BCUT2D eigenvalue weighted by atomic mass is 10.1. The van der Waals surface area contributed by atoms with Gasteiger partial charge in [-0.25, -0.2) is 4.79 Å². The minimum atomic E-state index is -0.388. The van der Waals surface area contributed by atoms with Crippen molar-refractivity contribution < 1.29 is 18.7 Å². The third-order valence-corrected chi connectivity index (χ3v) is 3.83. The monoisotopic (exact) mass is 327 g/mol. The van der Waals surface area contributed by atoms with Crippen LogP contribution in [-0.2, 0) is 16.1 Å². The second-order valence-electron chi connectivity index (χ2n) is 6.05. The van der Waals surface area contributed by atoms with Crippen molar-refractivity contribution in [2.24, 2.45) is 0 Å². The minimum Gasteiger partial charge on any atom is -0.465 e. The van der Waals surface area contributed by atoms with Crippen molar-refractivity contribution in [3.8, 4) is 0 Å². The standard InChI is InChI=1S/C19H21NO4/c1-11(2)20-16-8-14-13-7-12(10-22-3)5-6-17(13)24-18(14)9-15(16)19(21)23-4/h5-9,11,20H,10H2,1-4H3. The Hall–Kier alpha value is -2.53. The van der Waals surface area contributed by atoms with Gasteiger partial charge in [0.05, 0.1) is 19.3 Å². The molecule has 0 atom stereocenters. The van der Waals surface area contributed by atoms with E-state index in [0.717, 1.165) is 27.6 Å². The highest BCUT2D eigenvalue weighted by atomic mass is 16.5. The number of carbonyl (C=O) groups is 1. The number of benzene rings is 2. The van der Waals surface area contributed by atoms with Crippen LogP contribution in [-0.4, -0.2) is 26.2 Å². The average molecular weight is 327 g/mol. The molecule has 5 nitrogen and oxygen atoms in total. The first kappa shape index (κ1) is 16.3. The summed E-state index contributed by atoms with van der Waals surface area (Å²) < 4.78 is 16.0. The van der Waals surface area contributed by atoms with Gasteiger partial charge < -0.3 is 19.2 Å². The molecule has 0 unspecified atom stereocenters. The predicted molar refractivity (Wildman–Crippen MR) is 94.5 cm³/mol. The molecule has 5 heteroatoms. The van der Waals surface area contributed by atoms with Crippen LogP contribution in [0.4, 0.5) is 5.69 Å². The molecule has 0 aliphatic rings. The highest BCUT2D eigenvalue weighted by Gasteiger charge is 2.17. The molecular weight excluding hydrogens is 306 g/mol. The summed E-state index contributed by atoms with van der Waals surface area (Å²) >= 11 is 0. The normalized spacial score (nSPS) is 11.4. The number of ether oxygens (including phenoxy) is 2. The molecule has 1 heterocycles.